The summed E-state index contributed by atoms with van der Waals surface area (Å²) in [6.07, 6.45) is 0.376. The number of thiophene rings is 1. The van der Waals surface area contributed by atoms with Crippen molar-refractivity contribution in [3.8, 4) is 5.75 Å². The maximum absolute atomic E-state index is 12.6. The molecule has 0 aliphatic carbocycles. The molecule has 2 atom stereocenters. The second-order valence-corrected chi connectivity index (χ2v) is 8.77. The maximum Gasteiger partial charge on any atom is 0.348 e. The van der Waals surface area contributed by atoms with Gasteiger partial charge in [-0.15, -0.1) is 11.3 Å². The number of aliphatic hydroxyl groups is 1. The van der Waals surface area contributed by atoms with E-state index in [2.05, 4.69) is 0 Å². The van der Waals surface area contributed by atoms with Crippen LogP contribution in [0.1, 0.15) is 52.8 Å². The number of nitrogens with zero attached hydrogens (tertiary/aromatic N) is 1. The van der Waals surface area contributed by atoms with E-state index in [1.807, 2.05) is 30.3 Å². The number of ether oxygens (including phenoxy) is 2. The molecule has 7 heteroatoms. The number of likely N-dealkylation sites (tertiary alicyclic amines) is 1. The molecule has 4 rings (SSSR count). The molecule has 3 heterocycles. The van der Waals surface area contributed by atoms with Crippen LogP contribution in [0.5, 0.6) is 5.75 Å². The molecular formula is C21H23NO5S. The Balaban J connectivity index is 1.60. The van der Waals surface area contributed by atoms with Gasteiger partial charge in [0.1, 0.15) is 28.9 Å². The summed E-state index contributed by atoms with van der Waals surface area (Å²) < 4.78 is 11.4. The van der Waals surface area contributed by atoms with Crippen LogP contribution >= 0.6 is 11.3 Å². The molecule has 0 radical (unpaired) electrons. The average Bonchev–Trinajstić information content (AvgIpc) is 3.27. The maximum atomic E-state index is 12.6. The normalized spacial score (nSPS) is 23.2. The van der Waals surface area contributed by atoms with Crippen LogP contribution in [0.25, 0.3) is 0 Å². The second kappa shape index (κ2) is 7.22. The molecule has 2 aromatic rings. The predicted octanol–water partition coefficient (Wildman–Crippen LogP) is 3.30. The van der Waals surface area contributed by atoms with Gasteiger partial charge in [0.2, 0.25) is 5.91 Å². The molecule has 148 valence electrons. The van der Waals surface area contributed by atoms with Crippen molar-refractivity contribution >= 4 is 23.2 Å². The smallest absolute Gasteiger partial charge is 0.348 e. The van der Waals surface area contributed by atoms with Crippen molar-refractivity contribution in [1.29, 1.82) is 0 Å². The van der Waals surface area contributed by atoms with E-state index in [1.165, 1.54) is 11.3 Å². The van der Waals surface area contributed by atoms with Crippen LogP contribution in [-0.4, -0.2) is 40.1 Å². The van der Waals surface area contributed by atoms with Crippen LogP contribution < -0.4 is 4.74 Å². The minimum atomic E-state index is -0.881. The van der Waals surface area contributed by atoms with Crippen molar-refractivity contribution in [2.75, 3.05) is 6.54 Å². The minimum Gasteiger partial charge on any atom is -0.484 e. The van der Waals surface area contributed by atoms with Crippen LogP contribution in [-0.2, 0) is 16.1 Å². The molecule has 2 aliphatic heterocycles. The van der Waals surface area contributed by atoms with Crippen molar-refractivity contribution in [3.63, 3.8) is 0 Å². The average molecular weight is 401 g/mol. The summed E-state index contributed by atoms with van der Waals surface area (Å²) in [6.45, 7) is 4.37. The molecule has 0 bridgehead atoms. The van der Waals surface area contributed by atoms with Crippen LogP contribution in [0.2, 0.25) is 0 Å². The van der Waals surface area contributed by atoms with Crippen LogP contribution in [0.4, 0.5) is 0 Å². The Labute approximate surface area is 167 Å². The molecule has 1 saturated heterocycles. The van der Waals surface area contributed by atoms with E-state index in [-0.39, 0.29) is 12.5 Å². The van der Waals surface area contributed by atoms with Gasteiger partial charge in [0, 0.05) is 19.0 Å². The van der Waals surface area contributed by atoms with Crippen LogP contribution in [0.3, 0.4) is 0 Å². The van der Waals surface area contributed by atoms with Gasteiger partial charge in [0.25, 0.3) is 0 Å². The fourth-order valence-corrected chi connectivity index (χ4v) is 4.83. The van der Waals surface area contributed by atoms with Gasteiger partial charge in [-0.3, -0.25) is 4.79 Å². The number of fused-ring (bicyclic) bond motifs is 1. The second-order valence-electron chi connectivity index (χ2n) is 7.69. The topological polar surface area (TPSA) is 76.1 Å². The summed E-state index contributed by atoms with van der Waals surface area (Å²) in [4.78, 5) is 27.7. The Morgan fingerprint density at radius 1 is 1.36 bits per heavy atom. The molecule has 2 aliphatic rings. The van der Waals surface area contributed by atoms with Crippen LogP contribution in [0, 0.1) is 0 Å². The zero-order valence-electron chi connectivity index (χ0n) is 15.9. The van der Waals surface area contributed by atoms with Crippen molar-refractivity contribution < 1.29 is 24.2 Å². The first kappa shape index (κ1) is 19.0. The monoisotopic (exact) mass is 401 g/mol. The van der Waals surface area contributed by atoms with Gasteiger partial charge >= 0.3 is 5.97 Å². The van der Waals surface area contributed by atoms with E-state index in [4.69, 9.17) is 9.47 Å². The van der Waals surface area contributed by atoms with Gasteiger partial charge in [0.15, 0.2) is 0 Å². The Morgan fingerprint density at radius 3 is 2.79 bits per heavy atom. The third-order valence-electron chi connectivity index (χ3n) is 5.24. The molecular weight excluding hydrogens is 378 g/mol. The largest absolute Gasteiger partial charge is 0.484 e. The Morgan fingerprint density at radius 2 is 2.11 bits per heavy atom. The number of aliphatic hydroxyl groups excluding tert-OH is 1. The van der Waals surface area contributed by atoms with E-state index in [9.17, 15) is 14.7 Å². The molecule has 1 aromatic heterocycles. The highest BCUT2D eigenvalue weighted by Crippen LogP contribution is 2.48. The SMILES string of the molecule is CC1(C)Oc2cc(C(=O)OCc3ccccc3)sc2[C@@H](N2CCCC2=O)[C@@H]1O. The third-order valence-corrected chi connectivity index (χ3v) is 6.40. The zero-order valence-corrected chi connectivity index (χ0v) is 16.7. The summed E-state index contributed by atoms with van der Waals surface area (Å²) in [7, 11) is 0. The quantitative estimate of drug-likeness (QED) is 0.796. The summed E-state index contributed by atoms with van der Waals surface area (Å²) in [5.41, 5.74) is 0.0397. The number of amides is 1. The zero-order chi connectivity index (χ0) is 19.9. The van der Waals surface area contributed by atoms with Crippen molar-refractivity contribution in [3.05, 3.63) is 51.7 Å². The summed E-state index contributed by atoms with van der Waals surface area (Å²) in [5, 5.41) is 10.9. The molecule has 6 nitrogen and oxygen atoms in total. The number of hydrogen-bond acceptors (Lipinski definition) is 6. The lowest BCUT2D eigenvalue weighted by atomic mass is 9.90. The molecule has 0 saturated carbocycles. The van der Waals surface area contributed by atoms with E-state index in [0.29, 0.717) is 28.5 Å². The summed E-state index contributed by atoms with van der Waals surface area (Å²) >= 11 is 1.23. The fraction of sp³-hybridized carbons (Fsp3) is 0.429. The molecule has 0 unspecified atom stereocenters. The van der Waals surface area contributed by atoms with Crippen molar-refractivity contribution in [1.82, 2.24) is 4.90 Å². The predicted molar refractivity (Wildman–Crippen MR) is 104 cm³/mol. The van der Waals surface area contributed by atoms with E-state index < -0.39 is 23.7 Å². The lowest BCUT2D eigenvalue weighted by molar-refractivity contribution is -0.139. The molecule has 1 fully saturated rings. The first-order chi connectivity index (χ1) is 13.4. The number of esters is 1. The van der Waals surface area contributed by atoms with Crippen LogP contribution in [0.15, 0.2) is 36.4 Å². The molecule has 1 N–H and O–H groups in total. The first-order valence-electron chi connectivity index (χ1n) is 9.38. The highest BCUT2D eigenvalue weighted by molar-refractivity contribution is 7.14. The van der Waals surface area contributed by atoms with E-state index in [1.54, 1.807) is 24.8 Å². The number of hydrogen-bond donors (Lipinski definition) is 1. The van der Waals surface area contributed by atoms with Crippen molar-refractivity contribution in [2.45, 2.75) is 51.0 Å². The van der Waals surface area contributed by atoms with Gasteiger partial charge in [-0.1, -0.05) is 30.3 Å². The third kappa shape index (κ3) is 3.40. The Bertz CT molecular complexity index is 891. The number of carbonyl (C=O) groups excluding carboxylic acids is 2. The number of rotatable bonds is 4. The highest BCUT2D eigenvalue weighted by atomic mass is 32.1. The van der Waals surface area contributed by atoms with Gasteiger partial charge in [0.05, 0.1) is 10.9 Å². The van der Waals surface area contributed by atoms with Crippen molar-refractivity contribution in [2.24, 2.45) is 0 Å². The molecule has 28 heavy (non-hydrogen) atoms. The first-order valence-corrected chi connectivity index (χ1v) is 10.2. The fourth-order valence-electron chi connectivity index (χ4n) is 3.71. The minimum absolute atomic E-state index is 0.0225. The number of carbonyl (C=O) groups is 2. The summed E-state index contributed by atoms with van der Waals surface area (Å²) in [5.74, 6) is 0.122. The summed E-state index contributed by atoms with van der Waals surface area (Å²) in [6, 6.07) is 10.6. The van der Waals surface area contributed by atoms with Gasteiger partial charge in [-0.2, -0.15) is 0 Å². The highest BCUT2D eigenvalue weighted by Gasteiger charge is 2.48. The standard InChI is InChI=1S/C21H23NO5S/c1-21(2)19(24)17(22-10-6-9-16(22)23)18-14(27-21)11-15(28-18)20(25)26-12-13-7-4-3-5-8-13/h3-5,7-8,11,17,19,24H,6,9-10,12H2,1-2H3/t17-,19+/m1/s1. The lowest BCUT2D eigenvalue weighted by Crippen LogP contribution is -2.53. The Kier molecular flexibility index (Phi) is 4.89. The lowest BCUT2D eigenvalue weighted by Gasteiger charge is -2.43. The van der Waals surface area contributed by atoms with E-state index >= 15 is 0 Å². The Hall–Kier alpha value is -2.38. The molecule has 0 spiro atoms. The molecule has 1 aromatic carbocycles. The number of benzene rings is 1. The van der Waals surface area contributed by atoms with E-state index in [0.717, 1.165) is 12.0 Å². The van der Waals surface area contributed by atoms with Gasteiger partial charge in [-0.05, 0) is 25.8 Å². The molecule has 1 amide bonds. The van der Waals surface area contributed by atoms with Gasteiger partial charge in [-0.25, -0.2) is 4.79 Å². The van der Waals surface area contributed by atoms with Gasteiger partial charge < -0.3 is 19.5 Å².